The zero-order valence-electron chi connectivity index (χ0n) is 12.3. The lowest BCUT2D eigenvalue weighted by atomic mass is 10.1. The molecule has 0 N–H and O–H groups in total. The van der Waals surface area contributed by atoms with Gasteiger partial charge in [0.05, 0.1) is 40.0 Å². The second-order valence-electron chi connectivity index (χ2n) is 4.94. The molecular weight excluding hydrogens is 222 g/mol. The van der Waals surface area contributed by atoms with Crippen LogP contribution in [-0.2, 0) is 0 Å². The average Bonchev–Trinajstić information content (AvgIpc) is 2.29. The Morgan fingerprint density at radius 2 is 1.50 bits per heavy atom. The van der Waals surface area contributed by atoms with Gasteiger partial charge in [-0.1, -0.05) is 30.3 Å². The molecule has 0 aliphatic heterocycles. The lowest BCUT2D eigenvalue weighted by molar-refractivity contribution is -0.468. The number of amidine groups is 1. The van der Waals surface area contributed by atoms with E-state index in [0.29, 0.717) is 0 Å². The monoisotopic (exact) mass is 246 g/mol. The highest BCUT2D eigenvalue weighted by Gasteiger charge is 2.12. The maximum Gasteiger partial charge on any atom is 0.273 e. The standard InChI is InChI=1S/C15H24N3/c1-16(2)14(13-10-8-7-9-11-13)12-15(17(3)4)18(5)6/h7-12H,1-6H3/q+1. The topological polar surface area (TPSA) is 9.49 Å². The van der Waals surface area contributed by atoms with Crippen LogP contribution < -0.4 is 0 Å². The van der Waals surface area contributed by atoms with Gasteiger partial charge < -0.3 is 4.90 Å². The summed E-state index contributed by atoms with van der Waals surface area (Å²) in [6.45, 7) is 0. The van der Waals surface area contributed by atoms with E-state index in [1.807, 2.05) is 6.07 Å². The largest absolute Gasteiger partial charge is 0.377 e. The van der Waals surface area contributed by atoms with Gasteiger partial charge in [0.15, 0.2) is 0 Å². The van der Waals surface area contributed by atoms with Gasteiger partial charge in [-0.05, 0) is 5.56 Å². The molecule has 0 spiro atoms. The van der Waals surface area contributed by atoms with Crippen molar-refractivity contribution in [1.29, 1.82) is 0 Å². The Balaban J connectivity index is 3.26. The van der Waals surface area contributed by atoms with Gasteiger partial charge in [0, 0.05) is 14.1 Å². The van der Waals surface area contributed by atoms with E-state index in [4.69, 9.17) is 0 Å². The van der Waals surface area contributed by atoms with Crippen molar-refractivity contribution in [2.24, 2.45) is 0 Å². The second kappa shape index (κ2) is 6.24. The van der Waals surface area contributed by atoms with Crippen molar-refractivity contribution in [1.82, 2.24) is 9.80 Å². The highest BCUT2D eigenvalue weighted by atomic mass is 15.2. The van der Waals surface area contributed by atoms with Crippen LogP contribution >= 0.6 is 0 Å². The minimum atomic E-state index is 1.17. The first-order valence-corrected chi connectivity index (χ1v) is 6.09. The number of likely N-dealkylation sites (N-methyl/N-ethyl adjacent to an activating group) is 1. The van der Waals surface area contributed by atoms with E-state index in [9.17, 15) is 0 Å². The van der Waals surface area contributed by atoms with Crippen LogP contribution in [0.3, 0.4) is 0 Å². The first-order valence-electron chi connectivity index (χ1n) is 6.09. The first kappa shape index (κ1) is 14.3. The van der Waals surface area contributed by atoms with Crippen molar-refractivity contribution in [2.75, 3.05) is 42.3 Å². The molecule has 0 amide bonds. The Labute approximate surface area is 111 Å². The number of nitrogens with zero attached hydrogens (tertiary/aromatic N) is 3. The lowest BCUT2D eigenvalue weighted by Crippen LogP contribution is -2.29. The molecule has 3 nitrogen and oxygen atoms in total. The highest BCUT2D eigenvalue weighted by Crippen LogP contribution is 2.16. The van der Waals surface area contributed by atoms with Crippen molar-refractivity contribution in [3.63, 3.8) is 0 Å². The molecule has 0 bridgehead atoms. The Kier molecular flexibility index (Phi) is 4.95. The fourth-order valence-electron chi connectivity index (χ4n) is 1.86. The molecule has 0 aliphatic carbocycles. The zero-order chi connectivity index (χ0) is 13.7. The summed E-state index contributed by atoms with van der Waals surface area (Å²) in [4.78, 5) is 4.26. The molecule has 1 aromatic carbocycles. The Bertz CT molecular complexity index is 438. The maximum atomic E-state index is 2.20. The second-order valence-corrected chi connectivity index (χ2v) is 4.94. The third-order valence-electron chi connectivity index (χ3n) is 2.73. The molecular formula is C15H24N3+. The third kappa shape index (κ3) is 3.62. The molecule has 0 aliphatic rings. The summed E-state index contributed by atoms with van der Waals surface area (Å²) in [7, 11) is 12.4. The van der Waals surface area contributed by atoms with Crippen LogP contribution in [-0.4, -0.2) is 62.5 Å². The first-order chi connectivity index (χ1) is 8.43. The van der Waals surface area contributed by atoms with Crippen LogP contribution in [0.15, 0.2) is 36.4 Å². The lowest BCUT2D eigenvalue weighted by Gasteiger charge is -2.18. The zero-order valence-corrected chi connectivity index (χ0v) is 12.3. The van der Waals surface area contributed by atoms with E-state index >= 15 is 0 Å². The van der Waals surface area contributed by atoms with Crippen molar-refractivity contribution >= 4 is 11.5 Å². The summed E-state index contributed by atoms with van der Waals surface area (Å²) in [5, 5.41) is 0. The molecule has 0 fully saturated rings. The van der Waals surface area contributed by atoms with Crippen molar-refractivity contribution in [3.05, 3.63) is 42.0 Å². The molecule has 18 heavy (non-hydrogen) atoms. The SMILES string of the molecule is CN(C)C(/C=C(\c1ccccc1)N(C)C)=[N+](C)C. The van der Waals surface area contributed by atoms with Gasteiger partial charge in [0.2, 0.25) is 0 Å². The molecule has 1 rings (SSSR count). The van der Waals surface area contributed by atoms with Gasteiger partial charge in [-0.25, -0.2) is 0 Å². The van der Waals surface area contributed by atoms with E-state index in [2.05, 4.69) is 87.0 Å². The quantitative estimate of drug-likeness (QED) is 0.457. The molecule has 98 valence electrons. The van der Waals surface area contributed by atoms with Gasteiger partial charge >= 0.3 is 0 Å². The number of hydrogen-bond acceptors (Lipinski definition) is 1. The fraction of sp³-hybridized carbons (Fsp3) is 0.400. The van der Waals surface area contributed by atoms with Gasteiger partial charge in [-0.15, -0.1) is 0 Å². The predicted molar refractivity (Wildman–Crippen MR) is 78.9 cm³/mol. The Morgan fingerprint density at radius 1 is 0.944 bits per heavy atom. The highest BCUT2D eigenvalue weighted by molar-refractivity contribution is 5.95. The van der Waals surface area contributed by atoms with E-state index in [-0.39, 0.29) is 0 Å². The average molecular weight is 246 g/mol. The van der Waals surface area contributed by atoms with Crippen LogP contribution in [0.25, 0.3) is 5.70 Å². The molecule has 0 heterocycles. The summed E-state index contributed by atoms with van der Waals surface area (Å²) in [5.74, 6) is 1.17. The maximum absolute atomic E-state index is 2.20. The molecule has 0 aromatic heterocycles. The predicted octanol–water partition coefficient (Wildman–Crippen LogP) is 1.82. The van der Waals surface area contributed by atoms with Crippen molar-refractivity contribution < 1.29 is 4.58 Å². The molecule has 3 heteroatoms. The van der Waals surface area contributed by atoms with Gasteiger partial charge in [0.1, 0.15) is 0 Å². The van der Waals surface area contributed by atoms with E-state index in [1.165, 1.54) is 17.1 Å². The minimum absolute atomic E-state index is 1.17. The van der Waals surface area contributed by atoms with E-state index in [1.54, 1.807) is 0 Å². The third-order valence-corrected chi connectivity index (χ3v) is 2.73. The summed E-state index contributed by atoms with van der Waals surface area (Å²) in [6, 6.07) is 10.4. The molecule has 0 saturated heterocycles. The van der Waals surface area contributed by atoms with Crippen LogP contribution in [0.1, 0.15) is 5.56 Å². The molecule has 0 radical (unpaired) electrons. The van der Waals surface area contributed by atoms with Gasteiger partial charge in [0.25, 0.3) is 5.84 Å². The normalized spacial score (nSPS) is 11.1. The van der Waals surface area contributed by atoms with E-state index < -0.39 is 0 Å². The Hall–Kier alpha value is -1.77. The van der Waals surface area contributed by atoms with E-state index in [0.717, 1.165) is 0 Å². The number of rotatable bonds is 3. The van der Waals surface area contributed by atoms with Crippen LogP contribution in [0.5, 0.6) is 0 Å². The van der Waals surface area contributed by atoms with Crippen molar-refractivity contribution in [2.45, 2.75) is 0 Å². The number of hydrogen-bond donors (Lipinski definition) is 0. The number of benzene rings is 1. The summed E-state index contributed by atoms with van der Waals surface area (Å²) in [5.41, 5.74) is 2.43. The molecule has 1 aromatic rings. The smallest absolute Gasteiger partial charge is 0.273 e. The summed E-state index contributed by atoms with van der Waals surface area (Å²) >= 11 is 0. The van der Waals surface area contributed by atoms with Gasteiger partial charge in [-0.3, -0.25) is 9.48 Å². The van der Waals surface area contributed by atoms with Crippen LogP contribution in [0.4, 0.5) is 0 Å². The Morgan fingerprint density at radius 3 is 1.89 bits per heavy atom. The molecule has 0 saturated carbocycles. The minimum Gasteiger partial charge on any atom is -0.377 e. The molecule has 0 atom stereocenters. The summed E-state index contributed by atoms with van der Waals surface area (Å²) in [6.07, 6.45) is 2.20. The van der Waals surface area contributed by atoms with Crippen LogP contribution in [0, 0.1) is 0 Å². The summed E-state index contributed by atoms with van der Waals surface area (Å²) < 4.78 is 2.12. The van der Waals surface area contributed by atoms with Crippen LogP contribution in [0.2, 0.25) is 0 Å². The molecule has 0 unspecified atom stereocenters. The van der Waals surface area contributed by atoms with Gasteiger partial charge in [-0.2, -0.15) is 0 Å². The van der Waals surface area contributed by atoms with Crippen molar-refractivity contribution in [3.8, 4) is 0 Å². The fourth-order valence-corrected chi connectivity index (χ4v) is 1.86.